The average Bonchev–Trinajstić information content (AvgIpc) is 3.00. The lowest BCUT2D eigenvalue weighted by Crippen LogP contribution is -2.15. The van der Waals surface area contributed by atoms with Crippen LogP contribution < -0.4 is 0 Å². The summed E-state index contributed by atoms with van der Waals surface area (Å²) >= 11 is 0. The minimum Gasteiger partial charge on any atom is -0.394 e. The molecule has 0 aliphatic heterocycles. The highest BCUT2D eigenvalue weighted by Crippen LogP contribution is 2.13. The maximum Gasteiger partial charge on any atom is 0.100 e. The van der Waals surface area contributed by atoms with Crippen LogP contribution in [0.2, 0.25) is 0 Å². The molecular weight excluding hydrogens is 520 g/mol. The fourth-order valence-corrected chi connectivity index (χ4v) is 4.31. The summed E-state index contributed by atoms with van der Waals surface area (Å²) in [4.78, 5) is 0. The van der Waals surface area contributed by atoms with Crippen molar-refractivity contribution in [2.45, 2.75) is 180 Å². The zero-order chi connectivity index (χ0) is 31.1. The van der Waals surface area contributed by atoms with E-state index in [0.717, 1.165) is 13.2 Å². The molecule has 0 aromatic rings. The molecule has 0 heterocycles. The van der Waals surface area contributed by atoms with Gasteiger partial charge in [-0.1, -0.05) is 155 Å². The van der Waals surface area contributed by atoms with E-state index in [1.165, 1.54) is 154 Å². The van der Waals surface area contributed by atoms with Gasteiger partial charge in [0.2, 0.25) is 0 Å². The number of ether oxygens (including phenoxy) is 1. The van der Waals surface area contributed by atoms with Gasteiger partial charge in [-0.15, -0.1) is 0 Å². The standard InChI is InChI=1S/C28H58O.2C3H8O3/c1-3-5-7-9-11-13-15-17-19-21-23-25-27-29-28-26-24-22-20-18-16-14-12-10-8-6-4-2;2*4-1-3(6)2-5/h3-28H2,1-2H3;2*3-6H,1-2H2. The molecule has 41 heavy (non-hydrogen) atoms. The summed E-state index contributed by atoms with van der Waals surface area (Å²) in [6.07, 6.45) is 32.2. The van der Waals surface area contributed by atoms with E-state index < -0.39 is 12.2 Å². The molecule has 0 bridgehead atoms. The normalized spacial score (nSPS) is 11.0. The Kier molecular flexibility index (Phi) is 48.6. The third-order valence-corrected chi connectivity index (χ3v) is 7.13. The van der Waals surface area contributed by atoms with Crippen molar-refractivity contribution in [2.24, 2.45) is 0 Å². The molecule has 0 aliphatic rings. The number of aliphatic hydroxyl groups excluding tert-OH is 6. The van der Waals surface area contributed by atoms with Gasteiger partial charge < -0.3 is 35.4 Å². The highest BCUT2D eigenvalue weighted by atomic mass is 16.5. The zero-order valence-electron chi connectivity index (χ0n) is 27.5. The fourth-order valence-electron chi connectivity index (χ4n) is 4.31. The summed E-state index contributed by atoms with van der Waals surface area (Å²) in [6.45, 7) is 5.12. The van der Waals surface area contributed by atoms with Gasteiger partial charge in [-0.05, 0) is 12.8 Å². The first kappa shape index (κ1) is 45.2. The van der Waals surface area contributed by atoms with Crippen LogP contribution in [-0.4, -0.2) is 82.5 Å². The molecule has 0 aromatic heterocycles. The molecule has 0 saturated heterocycles. The van der Waals surface area contributed by atoms with Gasteiger partial charge in [0.15, 0.2) is 0 Å². The lowest BCUT2D eigenvalue weighted by Gasteiger charge is -2.05. The van der Waals surface area contributed by atoms with Crippen LogP contribution in [0.5, 0.6) is 0 Å². The van der Waals surface area contributed by atoms with Crippen LogP contribution in [-0.2, 0) is 4.74 Å². The first-order valence-electron chi connectivity index (χ1n) is 17.4. The summed E-state index contributed by atoms with van der Waals surface area (Å²) in [5.41, 5.74) is 0. The largest absolute Gasteiger partial charge is 0.394 e. The van der Waals surface area contributed by atoms with E-state index >= 15 is 0 Å². The lowest BCUT2D eigenvalue weighted by molar-refractivity contribution is 0.0450. The first-order valence-corrected chi connectivity index (χ1v) is 17.4. The van der Waals surface area contributed by atoms with E-state index in [1.807, 2.05) is 0 Å². The Morgan fingerprint density at radius 2 is 0.537 bits per heavy atom. The summed E-state index contributed by atoms with van der Waals surface area (Å²) in [6, 6.07) is 0. The first-order chi connectivity index (χ1) is 20.0. The van der Waals surface area contributed by atoms with Gasteiger partial charge in [0, 0.05) is 13.2 Å². The predicted molar refractivity (Wildman–Crippen MR) is 173 cm³/mol. The summed E-state index contributed by atoms with van der Waals surface area (Å²) < 4.78 is 5.82. The van der Waals surface area contributed by atoms with Crippen molar-refractivity contribution in [1.29, 1.82) is 0 Å². The van der Waals surface area contributed by atoms with Crippen LogP contribution in [0.1, 0.15) is 168 Å². The molecule has 0 unspecified atom stereocenters. The van der Waals surface area contributed by atoms with Crippen molar-refractivity contribution in [3.05, 3.63) is 0 Å². The monoisotopic (exact) mass is 595 g/mol. The van der Waals surface area contributed by atoms with Crippen molar-refractivity contribution in [3.8, 4) is 0 Å². The molecule has 252 valence electrons. The second-order valence-electron chi connectivity index (χ2n) is 11.4. The molecule has 7 nitrogen and oxygen atoms in total. The van der Waals surface area contributed by atoms with Crippen molar-refractivity contribution >= 4 is 0 Å². The fraction of sp³-hybridized carbons (Fsp3) is 1.00. The molecule has 0 rings (SSSR count). The smallest absolute Gasteiger partial charge is 0.100 e. The molecule has 0 spiro atoms. The summed E-state index contributed by atoms with van der Waals surface area (Å²) in [5, 5.41) is 48.0. The number of unbranched alkanes of at least 4 members (excludes halogenated alkanes) is 22. The van der Waals surface area contributed by atoms with Gasteiger partial charge in [0.25, 0.3) is 0 Å². The molecule has 7 heteroatoms. The van der Waals surface area contributed by atoms with E-state index in [4.69, 9.17) is 35.4 Å². The Morgan fingerprint density at radius 3 is 0.707 bits per heavy atom. The SMILES string of the molecule is CCCCCCCCCCCCCCOCCCCCCCCCCCCCC.OCC(O)CO.OCC(O)CO. The number of hydrogen-bond donors (Lipinski definition) is 6. The molecule has 0 aromatic carbocycles. The van der Waals surface area contributed by atoms with Gasteiger partial charge in [0.05, 0.1) is 26.4 Å². The van der Waals surface area contributed by atoms with Gasteiger partial charge in [-0.25, -0.2) is 0 Å². The van der Waals surface area contributed by atoms with Gasteiger partial charge in [-0.3, -0.25) is 0 Å². The molecular formula is C34H74O7. The number of hydrogen-bond acceptors (Lipinski definition) is 7. The maximum atomic E-state index is 8.17. The van der Waals surface area contributed by atoms with Crippen molar-refractivity contribution in [3.63, 3.8) is 0 Å². The Morgan fingerprint density at radius 1 is 0.341 bits per heavy atom. The molecule has 0 amide bonds. The number of rotatable bonds is 30. The molecule has 0 aliphatic carbocycles. The molecule has 0 radical (unpaired) electrons. The second kappa shape index (κ2) is 44.2. The average molecular weight is 595 g/mol. The Hall–Kier alpha value is -0.280. The third-order valence-electron chi connectivity index (χ3n) is 7.13. The molecule has 0 atom stereocenters. The van der Waals surface area contributed by atoms with E-state index in [-0.39, 0.29) is 26.4 Å². The van der Waals surface area contributed by atoms with Crippen LogP contribution in [0.25, 0.3) is 0 Å². The van der Waals surface area contributed by atoms with E-state index in [2.05, 4.69) is 13.8 Å². The number of aliphatic hydroxyl groups is 6. The predicted octanol–water partition coefficient (Wildman–Crippen LogP) is 7.07. The Balaban J connectivity index is -0.000000995. The van der Waals surface area contributed by atoms with Crippen LogP contribution >= 0.6 is 0 Å². The van der Waals surface area contributed by atoms with Crippen LogP contribution in [0, 0.1) is 0 Å². The summed E-state index contributed by atoms with van der Waals surface area (Å²) in [5.74, 6) is 0. The quantitative estimate of drug-likeness (QED) is 0.0490. The Labute approximate surface area is 255 Å². The van der Waals surface area contributed by atoms with E-state index in [1.54, 1.807) is 0 Å². The highest BCUT2D eigenvalue weighted by Gasteiger charge is 1.97. The topological polar surface area (TPSA) is 131 Å². The minimum atomic E-state index is -0.954. The minimum absolute atomic E-state index is 0.365. The van der Waals surface area contributed by atoms with Gasteiger partial charge >= 0.3 is 0 Å². The van der Waals surface area contributed by atoms with Gasteiger partial charge in [-0.2, -0.15) is 0 Å². The van der Waals surface area contributed by atoms with Crippen LogP contribution in [0.15, 0.2) is 0 Å². The molecule has 0 fully saturated rings. The molecule has 6 N–H and O–H groups in total. The third kappa shape index (κ3) is 49.7. The van der Waals surface area contributed by atoms with Crippen LogP contribution in [0.3, 0.4) is 0 Å². The summed E-state index contributed by atoms with van der Waals surface area (Å²) in [7, 11) is 0. The van der Waals surface area contributed by atoms with E-state index in [9.17, 15) is 0 Å². The maximum absolute atomic E-state index is 8.17. The molecule has 0 saturated carbocycles. The Bertz CT molecular complexity index is 369. The van der Waals surface area contributed by atoms with Gasteiger partial charge in [0.1, 0.15) is 12.2 Å². The van der Waals surface area contributed by atoms with Crippen molar-refractivity contribution in [1.82, 2.24) is 0 Å². The highest BCUT2D eigenvalue weighted by molar-refractivity contribution is 4.50. The lowest BCUT2D eigenvalue weighted by atomic mass is 10.1. The second-order valence-corrected chi connectivity index (χ2v) is 11.4. The zero-order valence-corrected chi connectivity index (χ0v) is 27.5. The van der Waals surface area contributed by atoms with Crippen LogP contribution in [0.4, 0.5) is 0 Å². The van der Waals surface area contributed by atoms with Crippen molar-refractivity contribution in [2.75, 3.05) is 39.6 Å². The van der Waals surface area contributed by atoms with Crippen molar-refractivity contribution < 1.29 is 35.4 Å². The van der Waals surface area contributed by atoms with E-state index in [0.29, 0.717) is 0 Å².